The Hall–Kier alpha value is -3.93. The van der Waals surface area contributed by atoms with Crippen LogP contribution in [0.5, 0.6) is 17.2 Å². The van der Waals surface area contributed by atoms with E-state index in [0.29, 0.717) is 5.56 Å². The Labute approximate surface area is 203 Å². The van der Waals surface area contributed by atoms with Crippen LogP contribution < -0.4 is 10.6 Å². The molecule has 11 nitrogen and oxygen atoms in total. The standard InChI is InChI=1S/C23H23N3O8S/c1-23(2)17(22(33)34)26-20(32)16(21(26)35-23)25-19(31)15(10-3-6-12(27)7-4-10)24-18(30)11-5-8-13(28)14(29)9-11/h3-9,15-17,21,27-29H,1-2H3,(H,24,30)(H,25,31)(H,33,34)/t15-,16-,17+,21-/m1/s1. The highest BCUT2D eigenvalue weighted by molar-refractivity contribution is 8.01. The topological polar surface area (TPSA) is 176 Å². The fourth-order valence-electron chi connectivity index (χ4n) is 4.23. The van der Waals surface area contributed by atoms with Crippen LogP contribution in [0.1, 0.15) is 35.8 Å². The number of fused-ring (bicyclic) bond motifs is 1. The number of thioether (sulfide) groups is 1. The number of rotatable bonds is 6. The van der Waals surface area contributed by atoms with Gasteiger partial charge in [0, 0.05) is 10.3 Å². The summed E-state index contributed by atoms with van der Waals surface area (Å²) in [6.45, 7) is 3.43. The third-order valence-electron chi connectivity index (χ3n) is 5.97. The van der Waals surface area contributed by atoms with E-state index in [1.807, 2.05) is 0 Å². The normalized spacial score (nSPS) is 23.1. The lowest BCUT2D eigenvalue weighted by Crippen LogP contribution is -2.71. The van der Waals surface area contributed by atoms with Gasteiger partial charge in [0.05, 0.1) is 0 Å². The van der Waals surface area contributed by atoms with Crippen molar-refractivity contribution in [3.8, 4) is 17.2 Å². The van der Waals surface area contributed by atoms with Gasteiger partial charge in [-0.1, -0.05) is 12.1 Å². The molecule has 0 aliphatic carbocycles. The van der Waals surface area contributed by atoms with E-state index in [4.69, 9.17) is 0 Å². The number of hydrogen-bond acceptors (Lipinski definition) is 8. The number of nitrogens with one attached hydrogen (secondary N) is 2. The smallest absolute Gasteiger partial charge is 0.327 e. The first-order valence-corrected chi connectivity index (χ1v) is 11.4. The van der Waals surface area contributed by atoms with Gasteiger partial charge in [0.15, 0.2) is 11.5 Å². The van der Waals surface area contributed by atoms with Crippen LogP contribution in [0.4, 0.5) is 0 Å². The number of hydrogen-bond donors (Lipinski definition) is 6. The van der Waals surface area contributed by atoms with Gasteiger partial charge in [-0.2, -0.15) is 0 Å². The first-order valence-electron chi connectivity index (χ1n) is 10.6. The van der Waals surface area contributed by atoms with E-state index in [1.54, 1.807) is 13.8 Å². The number of amides is 3. The Balaban J connectivity index is 1.56. The van der Waals surface area contributed by atoms with Gasteiger partial charge >= 0.3 is 5.97 Å². The van der Waals surface area contributed by atoms with Crippen molar-refractivity contribution in [2.24, 2.45) is 0 Å². The van der Waals surface area contributed by atoms with Crippen molar-refractivity contribution in [2.45, 2.75) is 42.1 Å². The van der Waals surface area contributed by atoms with E-state index in [9.17, 15) is 39.6 Å². The van der Waals surface area contributed by atoms with Crippen LogP contribution in [0.15, 0.2) is 42.5 Å². The second kappa shape index (κ2) is 8.69. The van der Waals surface area contributed by atoms with Gasteiger partial charge in [-0.05, 0) is 49.7 Å². The van der Waals surface area contributed by atoms with Crippen molar-refractivity contribution >= 4 is 35.5 Å². The van der Waals surface area contributed by atoms with Gasteiger partial charge in [-0.3, -0.25) is 14.4 Å². The fraction of sp³-hybridized carbons (Fsp3) is 0.304. The number of phenols is 3. The van der Waals surface area contributed by atoms with E-state index in [0.717, 1.165) is 12.1 Å². The van der Waals surface area contributed by atoms with Crippen LogP contribution in [0, 0.1) is 0 Å². The van der Waals surface area contributed by atoms with Crippen LogP contribution >= 0.6 is 11.8 Å². The zero-order valence-electron chi connectivity index (χ0n) is 18.6. The molecule has 0 radical (unpaired) electrons. The number of benzene rings is 2. The molecule has 0 aromatic heterocycles. The molecule has 12 heteroatoms. The summed E-state index contributed by atoms with van der Waals surface area (Å²) in [4.78, 5) is 51.8. The van der Waals surface area contributed by atoms with Gasteiger partial charge in [0.1, 0.15) is 29.2 Å². The second-order valence-corrected chi connectivity index (χ2v) is 10.6. The lowest BCUT2D eigenvalue weighted by molar-refractivity contribution is -0.161. The molecular formula is C23H23N3O8S. The molecule has 184 valence electrons. The molecule has 6 N–H and O–H groups in total. The first-order chi connectivity index (χ1) is 16.4. The quantitative estimate of drug-likeness (QED) is 0.248. The maximum atomic E-state index is 13.3. The molecule has 2 aromatic carbocycles. The molecule has 2 fully saturated rings. The maximum Gasteiger partial charge on any atom is 0.327 e. The van der Waals surface area contributed by atoms with Gasteiger partial charge < -0.3 is 36.0 Å². The monoisotopic (exact) mass is 501 g/mol. The Morgan fingerprint density at radius 1 is 1.03 bits per heavy atom. The predicted molar refractivity (Wildman–Crippen MR) is 124 cm³/mol. The van der Waals surface area contributed by atoms with E-state index in [2.05, 4.69) is 10.6 Å². The Bertz CT molecular complexity index is 1220. The van der Waals surface area contributed by atoms with E-state index in [1.165, 1.54) is 47.0 Å². The van der Waals surface area contributed by atoms with Crippen molar-refractivity contribution in [1.82, 2.24) is 15.5 Å². The molecule has 2 saturated heterocycles. The van der Waals surface area contributed by atoms with Crippen molar-refractivity contribution in [3.05, 3.63) is 53.6 Å². The lowest BCUT2D eigenvalue weighted by atomic mass is 9.95. The molecule has 0 saturated carbocycles. The fourth-order valence-corrected chi connectivity index (χ4v) is 5.85. The number of carboxylic acids is 1. The SMILES string of the molecule is CC1(C)S[C@@H]2[C@H](NC(=O)[C@H](NC(=O)c3ccc(O)c(O)c3)c3ccc(O)cc3)C(=O)N2[C@H]1C(=O)O. The highest BCUT2D eigenvalue weighted by atomic mass is 32.2. The van der Waals surface area contributed by atoms with Crippen LogP contribution in [0.2, 0.25) is 0 Å². The first kappa shape index (κ1) is 24.2. The molecule has 35 heavy (non-hydrogen) atoms. The lowest BCUT2D eigenvalue weighted by Gasteiger charge is -2.44. The third kappa shape index (κ3) is 4.32. The summed E-state index contributed by atoms with van der Waals surface area (Å²) in [6.07, 6.45) is 0. The summed E-state index contributed by atoms with van der Waals surface area (Å²) in [5.41, 5.74) is 0.281. The van der Waals surface area contributed by atoms with Gasteiger partial charge in [-0.25, -0.2) is 4.79 Å². The number of carbonyl (C=O) groups is 4. The molecule has 4 atom stereocenters. The van der Waals surface area contributed by atoms with Crippen LogP contribution in [-0.2, 0) is 14.4 Å². The molecular weight excluding hydrogens is 478 g/mol. The molecule has 0 bridgehead atoms. The molecule has 0 unspecified atom stereocenters. The average Bonchev–Trinajstić information content (AvgIpc) is 3.06. The molecule has 2 aliphatic heterocycles. The summed E-state index contributed by atoms with van der Waals surface area (Å²) in [6, 6.07) is 5.63. The molecule has 2 aromatic rings. The summed E-state index contributed by atoms with van der Waals surface area (Å²) in [5, 5.41) is 42.9. The number of carboxylic acid groups (broad SMARTS) is 1. The molecule has 4 rings (SSSR count). The third-order valence-corrected chi connectivity index (χ3v) is 7.55. The van der Waals surface area contributed by atoms with E-state index < -0.39 is 63.4 Å². The predicted octanol–water partition coefficient (Wildman–Crippen LogP) is 0.906. The van der Waals surface area contributed by atoms with Crippen LogP contribution in [0.3, 0.4) is 0 Å². The average molecular weight is 502 g/mol. The summed E-state index contributed by atoms with van der Waals surface area (Å²) in [5.74, 6) is -4.12. The minimum atomic E-state index is -1.28. The largest absolute Gasteiger partial charge is 0.508 e. The summed E-state index contributed by atoms with van der Waals surface area (Å²) < 4.78 is -0.767. The number of nitrogens with zero attached hydrogens (tertiary/aromatic N) is 1. The molecule has 2 aliphatic rings. The number of aromatic hydroxyl groups is 3. The van der Waals surface area contributed by atoms with E-state index >= 15 is 0 Å². The van der Waals surface area contributed by atoms with Gasteiger partial charge in [-0.15, -0.1) is 11.8 Å². The maximum absolute atomic E-state index is 13.3. The second-order valence-electron chi connectivity index (χ2n) is 8.79. The Morgan fingerprint density at radius 3 is 2.29 bits per heavy atom. The number of aliphatic carboxylic acids is 1. The van der Waals surface area contributed by atoms with Crippen molar-refractivity contribution < 1.29 is 39.6 Å². The van der Waals surface area contributed by atoms with Crippen molar-refractivity contribution in [3.63, 3.8) is 0 Å². The molecule has 3 amide bonds. The zero-order chi connectivity index (χ0) is 25.7. The van der Waals surface area contributed by atoms with Crippen LogP contribution in [0.25, 0.3) is 0 Å². The van der Waals surface area contributed by atoms with Crippen LogP contribution in [-0.4, -0.2) is 71.2 Å². The summed E-state index contributed by atoms with van der Waals surface area (Å²) >= 11 is 1.27. The van der Waals surface area contributed by atoms with E-state index in [-0.39, 0.29) is 11.3 Å². The number of β-lactam (4-membered cyclic amide) rings is 1. The Morgan fingerprint density at radius 2 is 1.69 bits per heavy atom. The highest BCUT2D eigenvalue weighted by Gasteiger charge is 2.64. The minimum absolute atomic E-state index is 0.0276. The highest BCUT2D eigenvalue weighted by Crippen LogP contribution is 2.50. The van der Waals surface area contributed by atoms with Gasteiger partial charge in [0.25, 0.3) is 5.91 Å². The molecule has 0 spiro atoms. The summed E-state index contributed by atoms with van der Waals surface area (Å²) in [7, 11) is 0. The Kier molecular flexibility index (Phi) is 6.01. The van der Waals surface area contributed by atoms with Gasteiger partial charge in [0.2, 0.25) is 11.8 Å². The van der Waals surface area contributed by atoms with Crippen molar-refractivity contribution in [1.29, 1.82) is 0 Å². The van der Waals surface area contributed by atoms with Crippen molar-refractivity contribution in [2.75, 3.05) is 0 Å². The zero-order valence-corrected chi connectivity index (χ0v) is 19.4. The number of carbonyl (C=O) groups excluding carboxylic acids is 3. The minimum Gasteiger partial charge on any atom is -0.508 e. The number of phenolic OH excluding ortho intramolecular Hbond substituents is 3. The molecule has 2 heterocycles.